The molecule has 6 nitrogen and oxygen atoms in total. The van der Waals surface area contributed by atoms with Gasteiger partial charge in [0.15, 0.2) is 5.13 Å². The third kappa shape index (κ3) is 3.30. The molecule has 1 aromatic rings. The maximum absolute atomic E-state index is 12.8. The molecule has 120 valence electrons. The zero-order chi connectivity index (χ0) is 15.5. The Hall–Kier alpha value is -1.47. The Morgan fingerprint density at radius 1 is 1.45 bits per heavy atom. The van der Waals surface area contributed by atoms with Gasteiger partial charge < -0.3 is 15.5 Å². The molecule has 2 saturated heterocycles. The Morgan fingerprint density at radius 2 is 2.32 bits per heavy atom. The van der Waals surface area contributed by atoms with Crippen LogP contribution in [-0.4, -0.2) is 46.9 Å². The highest BCUT2D eigenvalue weighted by Crippen LogP contribution is 2.26. The molecule has 3 heterocycles. The van der Waals surface area contributed by atoms with Crippen LogP contribution in [0.4, 0.5) is 5.13 Å². The summed E-state index contributed by atoms with van der Waals surface area (Å²) < 4.78 is 0. The van der Waals surface area contributed by atoms with Crippen LogP contribution < -0.4 is 10.6 Å². The van der Waals surface area contributed by atoms with Gasteiger partial charge in [0.2, 0.25) is 11.8 Å². The summed E-state index contributed by atoms with van der Waals surface area (Å²) in [5.41, 5.74) is 0. The summed E-state index contributed by atoms with van der Waals surface area (Å²) in [5.74, 6) is 0.0810. The molecule has 3 rings (SSSR count). The fourth-order valence-electron chi connectivity index (χ4n) is 3.37. The standard InChI is InChI=1S/C15H22N4O2S/c1-10-9-11(4-5-16-10)14(21)19-7-2-3-12(19)13(20)18-15-17-6-8-22-15/h6,8,10-12,16H,2-5,7,9H2,1H3,(H,17,18,20)/t10-,11-,12?/m0/s1. The van der Waals surface area contributed by atoms with E-state index < -0.39 is 0 Å². The van der Waals surface area contributed by atoms with Crippen LogP contribution in [0, 0.1) is 5.92 Å². The first kappa shape index (κ1) is 15.4. The van der Waals surface area contributed by atoms with Crippen molar-refractivity contribution >= 4 is 28.3 Å². The summed E-state index contributed by atoms with van der Waals surface area (Å²) in [4.78, 5) is 31.0. The molecular weight excluding hydrogens is 300 g/mol. The number of anilines is 1. The second kappa shape index (κ2) is 6.75. The van der Waals surface area contributed by atoms with Gasteiger partial charge in [-0.15, -0.1) is 11.3 Å². The number of carbonyl (C=O) groups is 2. The maximum Gasteiger partial charge on any atom is 0.248 e. The zero-order valence-corrected chi connectivity index (χ0v) is 13.6. The molecule has 0 saturated carbocycles. The number of thiazole rings is 1. The van der Waals surface area contributed by atoms with Crippen LogP contribution in [0.15, 0.2) is 11.6 Å². The minimum Gasteiger partial charge on any atom is -0.330 e. The van der Waals surface area contributed by atoms with E-state index in [2.05, 4.69) is 22.5 Å². The van der Waals surface area contributed by atoms with Gasteiger partial charge in [-0.3, -0.25) is 9.59 Å². The van der Waals surface area contributed by atoms with E-state index in [9.17, 15) is 9.59 Å². The van der Waals surface area contributed by atoms with Crippen LogP contribution >= 0.6 is 11.3 Å². The van der Waals surface area contributed by atoms with Crippen LogP contribution in [0.3, 0.4) is 0 Å². The Kier molecular flexibility index (Phi) is 4.73. The van der Waals surface area contributed by atoms with Crippen LogP contribution in [0.5, 0.6) is 0 Å². The molecule has 3 atom stereocenters. The van der Waals surface area contributed by atoms with Crippen molar-refractivity contribution in [3.8, 4) is 0 Å². The summed E-state index contributed by atoms with van der Waals surface area (Å²) in [7, 11) is 0. The first-order valence-corrected chi connectivity index (χ1v) is 8.77. The van der Waals surface area contributed by atoms with Gasteiger partial charge in [-0.2, -0.15) is 0 Å². The quantitative estimate of drug-likeness (QED) is 0.883. The lowest BCUT2D eigenvalue weighted by molar-refractivity contribution is -0.141. The molecule has 0 aliphatic carbocycles. The smallest absolute Gasteiger partial charge is 0.248 e. The first-order chi connectivity index (χ1) is 10.6. The fraction of sp³-hybridized carbons (Fsp3) is 0.667. The van der Waals surface area contributed by atoms with Crippen LogP contribution in [0.25, 0.3) is 0 Å². The predicted octanol–water partition coefficient (Wildman–Crippen LogP) is 1.46. The topological polar surface area (TPSA) is 74.3 Å². The van der Waals surface area contributed by atoms with E-state index >= 15 is 0 Å². The molecule has 2 N–H and O–H groups in total. The van der Waals surface area contributed by atoms with Gasteiger partial charge in [-0.05, 0) is 39.2 Å². The number of hydrogen-bond acceptors (Lipinski definition) is 5. The SMILES string of the molecule is C[C@H]1C[C@@H](C(=O)N2CCCC2C(=O)Nc2nccs2)CCN1. The lowest BCUT2D eigenvalue weighted by Gasteiger charge is -2.32. The summed E-state index contributed by atoms with van der Waals surface area (Å²) in [6.45, 7) is 3.67. The van der Waals surface area contributed by atoms with Crippen molar-refractivity contribution in [2.75, 3.05) is 18.4 Å². The van der Waals surface area contributed by atoms with Crippen molar-refractivity contribution in [3.05, 3.63) is 11.6 Å². The van der Waals surface area contributed by atoms with Gasteiger partial charge in [-0.25, -0.2) is 4.98 Å². The Bertz CT molecular complexity index is 534. The van der Waals surface area contributed by atoms with Gasteiger partial charge in [0, 0.05) is 30.1 Å². The molecule has 0 bridgehead atoms. The molecule has 0 aromatic carbocycles. The summed E-state index contributed by atoms with van der Waals surface area (Å²) in [6, 6.07) is 0.0227. The minimum atomic E-state index is -0.346. The van der Waals surface area contributed by atoms with Crippen molar-refractivity contribution < 1.29 is 9.59 Å². The average molecular weight is 322 g/mol. The number of carbonyl (C=O) groups excluding carboxylic acids is 2. The molecule has 22 heavy (non-hydrogen) atoms. The third-order valence-corrected chi connectivity index (χ3v) is 5.16. The number of amides is 2. The number of aromatic nitrogens is 1. The highest BCUT2D eigenvalue weighted by molar-refractivity contribution is 7.13. The van der Waals surface area contributed by atoms with E-state index in [0.29, 0.717) is 17.7 Å². The van der Waals surface area contributed by atoms with E-state index in [1.165, 1.54) is 11.3 Å². The molecule has 1 unspecified atom stereocenters. The molecule has 7 heteroatoms. The van der Waals surface area contributed by atoms with E-state index in [4.69, 9.17) is 0 Å². The maximum atomic E-state index is 12.8. The number of nitrogens with one attached hydrogen (secondary N) is 2. The second-order valence-corrected chi connectivity index (χ2v) is 6.99. The predicted molar refractivity (Wildman–Crippen MR) is 85.7 cm³/mol. The zero-order valence-electron chi connectivity index (χ0n) is 12.7. The summed E-state index contributed by atoms with van der Waals surface area (Å²) in [6.07, 6.45) is 5.01. The third-order valence-electron chi connectivity index (χ3n) is 4.47. The monoisotopic (exact) mass is 322 g/mol. The number of nitrogens with zero attached hydrogens (tertiary/aromatic N) is 2. The summed E-state index contributed by atoms with van der Waals surface area (Å²) in [5, 5.41) is 8.61. The van der Waals surface area contributed by atoms with E-state index in [0.717, 1.165) is 32.2 Å². The van der Waals surface area contributed by atoms with Crippen LogP contribution in [0.2, 0.25) is 0 Å². The fourth-order valence-corrected chi connectivity index (χ4v) is 3.90. The number of rotatable bonds is 3. The van der Waals surface area contributed by atoms with Crippen molar-refractivity contribution in [1.29, 1.82) is 0 Å². The molecule has 2 aliphatic heterocycles. The largest absolute Gasteiger partial charge is 0.330 e. The lowest BCUT2D eigenvalue weighted by Crippen LogP contribution is -2.48. The van der Waals surface area contributed by atoms with Gasteiger partial charge in [0.05, 0.1) is 0 Å². The number of likely N-dealkylation sites (tertiary alicyclic amines) is 1. The van der Waals surface area contributed by atoms with Crippen molar-refractivity contribution in [2.24, 2.45) is 5.92 Å². The van der Waals surface area contributed by atoms with Gasteiger partial charge >= 0.3 is 0 Å². The first-order valence-electron chi connectivity index (χ1n) is 7.89. The van der Waals surface area contributed by atoms with Crippen LogP contribution in [0.1, 0.15) is 32.6 Å². The second-order valence-electron chi connectivity index (χ2n) is 6.09. The van der Waals surface area contributed by atoms with Crippen LogP contribution in [-0.2, 0) is 9.59 Å². The van der Waals surface area contributed by atoms with E-state index in [-0.39, 0.29) is 23.8 Å². The average Bonchev–Trinajstić information content (AvgIpc) is 3.17. The lowest BCUT2D eigenvalue weighted by atomic mass is 9.91. The summed E-state index contributed by atoms with van der Waals surface area (Å²) >= 11 is 1.39. The Morgan fingerprint density at radius 3 is 3.05 bits per heavy atom. The van der Waals surface area contributed by atoms with Crippen molar-refractivity contribution in [3.63, 3.8) is 0 Å². The van der Waals surface area contributed by atoms with Gasteiger partial charge in [0.1, 0.15) is 6.04 Å². The molecule has 1 aromatic heterocycles. The van der Waals surface area contributed by atoms with Crippen molar-refractivity contribution in [1.82, 2.24) is 15.2 Å². The highest BCUT2D eigenvalue weighted by Gasteiger charge is 2.38. The molecule has 2 aliphatic rings. The molecule has 2 fully saturated rings. The van der Waals surface area contributed by atoms with Gasteiger partial charge in [-0.1, -0.05) is 0 Å². The van der Waals surface area contributed by atoms with Crippen molar-refractivity contribution in [2.45, 2.75) is 44.7 Å². The minimum absolute atomic E-state index is 0.0458. The normalized spacial score (nSPS) is 28.6. The van der Waals surface area contributed by atoms with E-state index in [1.807, 2.05) is 5.38 Å². The molecular formula is C15H22N4O2S. The molecule has 2 amide bonds. The molecule has 0 spiro atoms. The van der Waals surface area contributed by atoms with Gasteiger partial charge in [0.25, 0.3) is 0 Å². The Labute approximate surface area is 134 Å². The number of hydrogen-bond donors (Lipinski definition) is 2. The Balaban J connectivity index is 1.64. The van der Waals surface area contributed by atoms with E-state index in [1.54, 1.807) is 11.1 Å². The number of piperidine rings is 1. The molecule has 0 radical (unpaired) electrons. The highest BCUT2D eigenvalue weighted by atomic mass is 32.1.